The second-order valence-electron chi connectivity index (χ2n) is 7.38. The number of nitrogens with one attached hydrogen (secondary N) is 2. The Bertz CT molecular complexity index is 586. The van der Waals surface area contributed by atoms with E-state index in [0.717, 1.165) is 45.2 Å². The lowest BCUT2D eigenvalue weighted by atomic mass is 10.0. The van der Waals surface area contributed by atoms with Gasteiger partial charge in [0.25, 0.3) is 0 Å². The predicted octanol–water partition coefficient (Wildman–Crippen LogP) is 1.58. The van der Waals surface area contributed by atoms with Crippen LogP contribution in [0.25, 0.3) is 0 Å². The average molecular weight is 397 g/mol. The van der Waals surface area contributed by atoms with Crippen LogP contribution in [0.4, 0.5) is 0 Å². The molecule has 160 valence electrons. The quantitative estimate of drug-likeness (QED) is 0.454. The van der Waals surface area contributed by atoms with E-state index in [1.165, 1.54) is 0 Å². The molecule has 1 aliphatic heterocycles. The molecule has 9 nitrogen and oxygen atoms in total. The highest BCUT2D eigenvalue weighted by molar-refractivity contribution is 5.79. The number of nitrogens with zero attached hydrogens (tertiary/aromatic N) is 4. The molecule has 0 aliphatic carbocycles. The van der Waals surface area contributed by atoms with Crippen LogP contribution in [0.15, 0.2) is 9.52 Å². The molecule has 2 heterocycles. The number of aliphatic imine (C=N–C) groups is 1. The minimum Gasteiger partial charge on any atom is -0.379 e. The Morgan fingerprint density at radius 2 is 2.00 bits per heavy atom. The van der Waals surface area contributed by atoms with Gasteiger partial charge in [0.2, 0.25) is 5.89 Å². The molecule has 1 fully saturated rings. The van der Waals surface area contributed by atoms with Crippen LogP contribution in [0.2, 0.25) is 0 Å². The number of hydrogen-bond acceptors (Lipinski definition) is 7. The zero-order chi connectivity index (χ0) is 20.4. The van der Waals surface area contributed by atoms with E-state index in [2.05, 4.69) is 44.5 Å². The summed E-state index contributed by atoms with van der Waals surface area (Å²) in [6.45, 7) is 13.8. The van der Waals surface area contributed by atoms with Crippen molar-refractivity contribution in [2.75, 3.05) is 46.5 Å². The van der Waals surface area contributed by atoms with Gasteiger partial charge in [-0.2, -0.15) is 4.98 Å². The first-order valence-electron chi connectivity index (χ1n) is 10.2. The molecular formula is C19H36N6O3. The fraction of sp³-hybridized carbons (Fsp3) is 0.842. The largest absolute Gasteiger partial charge is 0.379 e. The summed E-state index contributed by atoms with van der Waals surface area (Å²) in [7, 11) is 1.76. The molecule has 0 spiro atoms. The van der Waals surface area contributed by atoms with E-state index >= 15 is 0 Å². The zero-order valence-electron chi connectivity index (χ0n) is 17.9. The topological polar surface area (TPSA) is 97.0 Å². The van der Waals surface area contributed by atoms with Crippen molar-refractivity contribution >= 4 is 5.96 Å². The van der Waals surface area contributed by atoms with Gasteiger partial charge in [-0.25, -0.2) is 0 Å². The minimum absolute atomic E-state index is 0.176. The van der Waals surface area contributed by atoms with Gasteiger partial charge in [-0.1, -0.05) is 19.0 Å². The summed E-state index contributed by atoms with van der Waals surface area (Å²) in [6.07, 6.45) is 0.956. The second kappa shape index (κ2) is 12.0. The first kappa shape index (κ1) is 22.6. The Morgan fingerprint density at radius 3 is 2.64 bits per heavy atom. The van der Waals surface area contributed by atoms with Crippen molar-refractivity contribution in [2.24, 2.45) is 10.9 Å². The van der Waals surface area contributed by atoms with Gasteiger partial charge in [0.15, 0.2) is 11.8 Å². The molecule has 2 atom stereocenters. The van der Waals surface area contributed by atoms with Crippen LogP contribution in [-0.4, -0.2) is 73.5 Å². The van der Waals surface area contributed by atoms with E-state index in [1.807, 2.05) is 13.8 Å². The van der Waals surface area contributed by atoms with Crippen LogP contribution >= 0.6 is 0 Å². The molecule has 0 aromatic carbocycles. The normalized spacial score (nSPS) is 18.3. The molecule has 0 saturated carbocycles. The highest BCUT2D eigenvalue weighted by Crippen LogP contribution is 2.14. The third kappa shape index (κ3) is 7.37. The smallest absolute Gasteiger partial charge is 0.246 e. The Balaban J connectivity index is 1.83. The molecule has 1 aromatic heterocycles. The Morgan fingerprint density at radius 1 is 1.25 bits per heavy atom. The van der Waals surface area contributed by atoms with Gasteiger partial charge in [-0.05, 0) is 26.2 Å². The van der Waals surface area contributed by atoms with Gasteiger partial charge >= 0.3 is 0 Å². The van der Waals surface area contributed by atoms with Gasteiger partial charge in [0.05, 0.1) is 19.8 Å². The van der Waals surface area contributed by atoms with Crippen molar-refractivity contribution in [3.05, 3.63) is 11.7 Å². The third-order valence-electron chi connectivity index (χ3n) is 4.71. The van der Waals surface area contributed by atoms with E-state index < -0.39 is 0 Å². The molecule has 2 N–H and O–H groups in total. The van der Waals surface area contributed by atoms with Crippen LogP contribution in [0, 0.1) is 5.92 Å². The molecule has 28 heavy (non-hydrogen) atoms. The van der Waals surface area contributed by atoms with Gasteiger partial charge in [0.1, 0.15) is 6.10 Å². The van der Waals surface area contributed by atoms with Gasteiger partial charge in [0, 0.05) is 39.3 Å². The minimum atomic E-state index is -0.176. The standard InChI is InChI=1S/C19H36N6O3/c1-6-27-15(4)18-23-17(28-24-18)13-22-19(20-5)21-12-16(11-14(2)3)25-7-9-26-10-8-25/h14-16H,6-13H2,1-5H3,(H2,20,21,22). The summed E-state index contributed by atoms with van der Waals surface area (Å²) >= 11 is 0. The Kier molecular flexibility index (Phi) is 9.66. The van der Waals surface area contributed by atoms with Crippen LogP contribution < -0.4 is 10.6 Å². The van der Waals surface area contributed by atoms with Crippen molar-refractivity contribution in [1.82, 2.24) is 25.7 Å². The van der Waals surface area contributed by atoms with Crippen molar-refractivity contribution in [2.45, 2.75) is 52.8 Å². The van der Waals surface area contributed by atoms with E-state index in [1.54, 1.807) is 7.05 Å². The van der Waals surface area contributed by atoms with Crippen molar-refractivity contribution < 1.29 is 14.0 Å². The molecular weight excluding hydrogens is 360 g/mol. The number of rotatable bonds is 10. The summed E-state index contributed by atoms with van der Waals surface area (Å²) in [5.41, 5.74) is 0. The first-order valence-corrected chi connectivity index (χ1v) is 10.2. The maximum atomic E-state index is 5.49. The molecule has 0 amide bonds. The summed E-state index contributed by atoms with van der Waals surface area (Å²) < 4.78 is 16.3. The molecule has 2 rings (SSSR count). The molecule has 1 aromatic rings. The predicted molar refractivity (Wildman–Crippen MR) is 108 cm³/mol. The lowest BCUT2D eigenvalue weighted by Gasteiger charge is -2.35. The van der Waals surface area contributed by atoms with Gasteiger partial charge < -0.3 is 24.6 Å². The highest BCUT2D eigenvalue weighted by atomic mass is 16.5. The second-order valence-corrected chi connectivity index (χ2v) is 7.38. The first-order chi connectivity index (χ1) is 13.5. The molecule has 1 saturated heterocycles. The van der Waals surface area contributed by atoms with E-state index in [9.17, 15) is 0 Å². The zero-order valence-corrected chi connectivity index (χ0v) is 17.9. The number of hydrogen-bond donors (Lipinski definition) is 2. The summed E-state index contributed by atoms with van der Waals surface area (Å²) in [6, 6.07) is 0.449. The monoisotopic (exact) mass is 396 g/mol. The highest BCUT2D eigenvalue weighted by Gasteiger charge is 2.22. The van der Waals surface area contributed by atoms with Gasteiger partial charge in [-0.3, -0.25) is 9.89 Å². The number of aromatic nitrogens is 2. The van der Waals surface area contributed by atoms with Crippen LogP contribution in [0.1, 0.15) is 51.9 Å². The molecule has 1 aliphatic rings. The number of morpholine rings is 1. The molecule has 9 heteroatoms. The summed E-state index contributed by atoms with van der Waals surface area (Å²) in [5.74, 6) is 2.43. The number of ether oxygens (including phenoxy) is 2. The Labute approximate surface area is 168 Å². The lowest BCUT2D eigenvalue weighted by molar-refractivity contribution is 0.0132. The van der Waals surface area contributed by atoms with Crippen LogP contribution in [0.3, 0.4) is 0 Å². The molecule has 0 radical (unpaired) electrons. The maximum absolute atomic E-state index is 5.49. The van der Waals surface area contributed by atoms with Crippen molar-refractivity contribution in [3.8, 4) is 0 Å². The SMILES string of the molecule is CCOC(C)c1noc(CNC(=NC)NCC(CC(C)C)N2CCOCC2)n1. The Hall–Kier alpha value is -1.71. The van der Waals surface area contributed by atoms with E-state index in [4.69, 9.17) is 14.0 Å². The van der Waals surface area contributed by atoms with Gasteiger partial charge in [-0.15, -0.1) is 0 Å². The van der Waals surface area contributed by atoms with Crippen molar-refractivity contribution in [3.63, 3.8) is 0 Å². The van der Waals surface area contributed by atoms with Crippen LogP contribution in [0.5, 0.6) is 0 Å². The lowest BCUT2D eigenvalue weighted by Crippen LogP contribution is -2.51. The summed E-state index contributed by atoms with van der Waals surface area (Å²) in [4.78, 5) is 11.2. The van der Waals surface area contributed by atoms with Crippen LogP contribution in [-0.2, 0) is 16.0 Å². The van der Waals surface area contributed by atoms with E-state index in [-0.39, 0.29) is 6.10 Å². The fourth-order valence-electron chi connectivity index (χ4n) is 3.27. The third-order valence-corrected chi connectivity index (χ3v) is 4.71. The maximum Gasteiger partial charge on any atom is 0.246 e. The molecule has 0 bridgehead atoms. The average Bonchev–Trinajstić information content (AvgIpc) is 3.17. The fourth-order valence-corrected chi connectivity index (χ4v) is 3.27. The summed E-state index contributed by atoms with van der Waals surface area (Å²) in [5, 5.41) is 10.7. The number of guanidine groups is 1. The molecule has 2 unspecified atom stereocenters. The van der Waals surface area contributed by atoms with Crippen molar-refractivity contribution in [1.29, 1.82) is 0 Å². The van der Waals surface area contributed by atoms with E-state index in [0.29, 0.717) is 36.8 Å².